The summed E-state index contributed by atoms with van der Waals surface area (Å²) in [5.74, 6) is 0.168. The molecule has 0 saturated carbocycles. The predicted octanol–water partition coefficient (Wildman–Crippen LogP) is 8.09. The Bertz CT molecular complexity index is 995. The smallest absolute Gasteiger partial charge is 0.382 e. The molecule has 0 atom stereocenters. The van der Waals surface area contributed by atoms with Crippen molar-refractivity contribution in [3.8, 4) is 17.2 Å². The van der Waals surface area contributed by atoms with Gasteiger partial charge in [0.1, 0.15) is 23.3 Å². The Labute approximate surface area is 204 Å². The van der Waals surface area contributed by atoms with Gasteiger partial charge in [0.15, 0.2) is 5.75 Å². The first-order chi connectivity index (χ1) is 16.4. The van der Waals surface area contributed by atoms with Gasteiger partial charge in [-0.1, -0.05) is 75.2 Å². The quantitative estimate of drug-likeness (QED) is 0.152. The lowest BCUT2D eigenvalue weighted by molar-refractivity contribution is 0.283. The predicted molar refractivity (Wildman–Crippen MR) is 140 cm³/mol. The third kappa shape index (κ3) is 9.28. The fourth-order valence-electron chi connectivity index (χ4n) is 3.81. The minimum atomic E-state index is -0.800. The van der Waals surface area contributed by atoms with Crippen LogP contribution in [0.1, 0.15) is 91.9 Å². The van der Waals surface area contributed by atoms with Crippen molar-refractivity contribution in [3.63, 3.8) is 0 Å². The molecule has 0 spiro atoms. The Kier molecular flexibility index (Phi) is 12.4. The molecule has 0 aliphatic heterocycles. The molecule has 5 nitrogen and oxygen atoms in total. The van der Waals surface area contributed by atoms with Crippen LogP contribution < -0.4 is 15.1 Å². The molecule has 0 fully saturated rings. The molecule has 188 valence electrons. The van der Waals surface area contributed by atoms with Gasteiger partial charge in [-0.25, -0.2) is 4.79 Å². The number of hydrogen-bond donors (Lipinski definition) is 1. The Balaban J connectivity index is 2.02. The lowest BCUT2D eigenvalue weighted by Crippen LogP contribution is -2.06. The third-order valence-corrected chi connectivity index (χ3v) is 5.83. The van der Waals surface area contributed by atoms with Crippen molar-refractivity contribution >= 4 is 11.0 Å². The summed E-state index contributed by atoms with van der Waals surface area (Å²) in [4.78, 5) is 12.1. The van der Waals surface area contributed by atoms with E-state index in [-0.39, 0.29) is 5.75 Å². The van der Waals surface area contributed by atoms with E-state index in [9.17, 15) is 9.90 Å². The highest BCUT2D eigenvalue weighted by Crippen LogP contribution is 2.38. The van der Waals surface area contributed by atoms with E-state index in [4.69, 9.17) is 13.9 Å². The largest absolute Gasteiger partial charge is 0.499 e. The molecule has 2 rings (SSSR count). The molecular weight excluding hydrogens is 428 g/mol. The van der Waals surface area contributed by atoms with Crippen LogP contribution in [0.2, 0.25) is 0 Å². The molecule has 0 radical (unpaired) electrons. The molecule has 0 bridgehead atoms. The van der Waals surface area contributed by atoms with Crippen molar-refractivity contribution in [2.24, 2.45) is 0 Å². The Morgan fingerprint density at radius 1 is 0.971 bits per heavy atom. The van der Waals surface area contributed by atoms with Crippen molar-refractivity contribution in [2.75, 3.05) is 13.2 Å². The molecular formula is C29H42O5. The molecule has 1 N–H and O–H groups in total. The molecule has 0 saturated heterocycles. The van der Waals surface area contributed by atoms with Crippen LogP contribution in [0.4, 0.5) is 0 Å². The summed E-state index contributed by atoms with van der Waals surface area (Å²) in [5, 5.41) is 10.9. The number of hydrogen-bond acceptors (Lipinski definition) is 5. The Morgan fingerprint density at radius 3 is 2.38 bits per heavy atom. The highest BCUT2D eigenvalue weighted by Gasteiger charge is 2.19. The SMILES string of the molecule is CCCCCCCCCCOc1c(O)c(=O)oc2cccc(OC/C=C(\C)CCC=C(C)C)c12. The molecule has 0 aliphatic carbocycles. The van der Waals surface area contributed by atoms with Gasteiger partial charge in [0.05, 0.1) is 6.61 Å². The van der Waals surface area contributed by atoms with Crippen molar-refractivity contribution in [1.29, 1.82) is 0 Å². The van der Waals surface area contributed by atoms with E-state index >= 15 is 0 Å². The molecule has 1 heterocycles. The van der Waals surface area contributed by atoms with Crippen molar-refractivity contribution in [2.45, 2.75) is 91.9 Å². The summed E-state index contributed by atoms with van der Waals surface area (Å²) in [6.07, 6.45) is 15.8. The van der Waals surface area contributed by atoms with Gasteiger partial charge in [0.2, 0.25) is 5.75 Å². The number of ether oxygens (including phenoxy) is 2. The zero-order valence-electron chi connectivity index (χ0n) is 21.5. The zero-order chi connectivity index (χ0) is 24.8. The maximum absolute atomic E-state index is 12.1. The topological polar surface area (TPSA) is 68.9 Å². The second kappa shape index (κ2) is 15.3. The first-order valence-electron chi connectivity index (χ1n) is 12.8. The maximum atomic E-state index is 12.1. The van der Waals surface area contributed by atoms with Crippen LogP contribution in [-0.2, 0) is 0 Å². The lowest BCUT2D eigenvalue weighted by atomic mass is 10.1. The average Bonchev–Trinajstić information content (AvgIpc) is 2.80. The number of unbranched alkanes of at least 4 members (excludes halogenated alkanes) is 7. The van der Waals surface area contributed by atoms with E-state index in [1.54, 1.807) is 18.2 Å². The molecule has 2 aromatic rings. The second-order valence-corrected chi connectivity index (χ2v) is 9.20. The van der Waals surface area contributed by atoms with Crippen LogP contribution in [0.25, 0.3) is 11.0 Å². The zero-order valence-corrected chi connectivity index (χ0v) is 21.5. The van der Waals surface area contributed by atoms with Crippen molar-refractivity contribution < 1.29 is 19.0 Å². The van der Waals surface area contributed by atoms with E-state index in [0.29, 0.717) is 29.9 Å². The highest BCUT2D eigenvalue weighted by molar-refractivity contribution is 5.91. The highest BCUT2D eigenvalue weighted by atomic mass is 16.5. The van der Waals surface area contributed by atoms with Gasteiger partial charge >= 0.3 is 5.63 Å². The average molecular weight is 471 g/mol. The molecule has 5 heteroatoms. The summed E-state index contributed by atoms with van der Waals surface area (Å²) in [6.45, 7) is 9.34. The van der Waals surface area contributed by atoms with Crippen LogP contribution in [0, 0.1) is 0 Å². The number of rotatable bonds is 16. The Morgan fingerprint density at radius 2 is 1.68 bits per heavy atom. The van der Waals surface area contributed by atoms with Crippen LogP contribution in [-0.4, -0.2) is 18.3 Å². The molecule has 0 amide bonds. The molecule has 1 aromatic heterocycles. The first-order valence-corrected chi connectivity index (χ1v) is 12.8. The maximum Gasteiger partial charge on any atom is 0.382 e. The normalized spacial score (nSPS) is 11.6. The van der Waals surface area contributed by atoms with E-state index in [0.717, 1.165) is 25.7 Å². The molecule has 0 unspecified atom stereocenters. The van der Waals surface area contributed by atoms with Gasteiger partial charge in [-0.15, -0.1) is 0 Å². The summed E-state index contributed by atoms with van der Waals surface area (Å²) in [5.41, 5.74) is 2.11. The van der Waals surface area contributed by atoms with Gasteiger partial charge in [0.25, 0.3) is 0 Å². The summed E-state index contributed by atoms with van der Waals surface area (Å²) in [7, 11) is 0. The van der Waals surface area contributed by atoms with Crippen LogP contribution >= 0.6 is 0 Å². The Hall–Kier alpha value is -2.69. The lowest BCUT2D eigenvalue weighted by Gasteiger charge is -2.13. The van der Waals surface area contributed by atoms with Crippen LogP contribution in [0.5, 0.6) is 17.2 Å². The van der Waals surface area contributed by atoms with Gasteiger partial charge in [-0.3, -0.25) is 0 Å². The number of fused-ring (bicyclic) bond motifs is 1. The number of allylic oxidation sites excluding steroid dienone is 3. The van der Waals surface area contributed by atoms with Gasteiger partial charge in [-0.05, 0) is 58.2 Å². The molecule has 0 aliphatic rings. The van der Waals surface area contributed by atoms with Gasteiger partial charge in [-0.2, -0.15) is 0 Å². The fourth-order valence-corrected chi connectivity index (χ4v) is 3.81. The van der Waals surface area contributed by atoms with E-state index in [1.165, 1.54) is 49.7 Å². The standard InChI is InChI=1S/C29H42O5/c1-5-6-7-8-9-10-11-12-20-33-28-26-24(17-14-18-25(26)34-29(31)27(28)30)32-21-19-23(4)16-13-15-22(2)3/h14-15,17-19,30H,5-13,16,20-21H2,1-4H3/b23-19+. The third-order valence-electron chi connectivity index (χ3n) is 5.83. The monoisotopic (exact) mass is 470 g/mol. The minimum Gasteiger partial charge on any atom is -0.499 e. The number of benzene rings is 1. The van der Waals surface area contributed by atoms with Crippen LogP contribution in [0.3, 0.4) is 0 Å². The first kappa shape index (κ1) is 27.6. The minimum absolute atomic E-state index is 0.147. The van der Waals surface area contributed by atoms with E-state index in [2.05, 4.69) is 39.8 Å². The van der Waals surface area contributed by atoms with Crippen molar-refractivity contribution in [3.05, 3.63) is 51.9 Å². The summed E-state index contributed by atoms with van der Waals surface area (Å²) < 4.78 is 17.2. The number of aromatic hydroxyl groups is 1. The van der Waals surface area contributed by atoms with Gasteiger partial charge < -0.3 is 19.0 Å². The van der Waals surface area contributed by atoms with E-state index < -0.39 is 11.4 Å². The summed E-state index contributed by atoms with van der Waals surface area (Å²) >= 11 is 0. The van der Waals surface area contributed by atoms with Gasteiger partial charge in [0, 0.05) is 0 Å². The second-order valence-electron chi connectivity index (χ2n) is 9.20. The molecule has 1 aromatic carbocycles. The van der Waals surface area contributed by atoms with Crippen LogP contribution in [0.15, 0.2) is 50.7 Å². The molecule has 34 heavy (non-hydrogen) atoms. The fraction of sp³-hybridized carbons (Fsp3) is 0.552. The van der Waals surface area contributed by atoms with E-state index in [1.807, 2.05) is 0 Å². The summed E-state index contributed by atoms with van der Waals surface area (Å²) in [6, 6.07) is 5.26. The van der Waals surface area contributed by atoms with Crippen molar-refractivity contribution in [1.82, 2.24) is 0 Å².